The van der Waals surface area contributed by atoms with Gasteiger partial charge in [0.05, 0.1) is 19.6 Å². The first kappa shape index (κ1) is 92.1. The molecule has 0 aliphatic heterocycles. The van der Waals surface area contributed by atoms with Crippen LogP contribution in [0.1, 0.15) is 157 Å². The molecule has 108 heavy (non-hydrogen) atoms. The van der Waals surface area contributed by atoms with Crippen LogP contribution in [0, 0.1) is 23.7 Å². The molecule has 600 valence electrons. The lowest BCUT2D eigenvalue weighted by Crippen LogP contribution is -2.62. The molecule has 0 fully saturated rings. The van der Waals surface area contributed by atoms with Crippen molar-refractivity contribution in [3.63, 3.8) is 0 Å². The first-order chi connectivity index (χ1) is 51.2. The van der Waals surface area contributed by atoms with Crippen molar-refractivity contribution in [2.45, 2.75) is 231 Å². The largest absolute Gasteiger partial charge is 0.481 e. The molecule has 35 heteroatoms. The zero-order valence-electron chi connectivity index (χ0n) is 63.1. The van der Waals surface area contributed by atoms with Gasteiger partial charge in [0.15, 0.2) is 0 Å². The molecule has 2 aromatic carbocycles. The average molecular weight is 1520 g/mol. The Balaban J connectivity index is 1.86. The predicted octanol–water partition coefficient (Wildman–Crippen LogP) is -1.39. The van der Waals surface area contributed by atoms with Crippen LogP contribution in [0.5, 0.6) is 0 Å². The van der Waals surface area contributed by atoms with E-state index >= 15 is 0 Å². The highest BCUT2D eigenvalue weighted by Gasteiger charge is 2.40. The third kappa shape index (κ3) is 31.0. The molecule has 0 aliphatic rings. The van der Waals surface area contributed by atoms with Gasteiger partial charge in [0, 0.05) is 36.4 Å². The third-order valence-electron chi connectivity index (χ3n) is 18.6. The van der Waals surface area contributed by atoms with Gasteiger partial charge in [-0.25, -0.2) is 4.79 Å². The van der Waals surface area contributed by atoms with E-state index in [0.717, 1.165) is 10.9 Å². The van der Waals surface area contributed by atoms with Gasteiger partial charge in [0.2, 0.25) is 70.9 Å². The summed E-state index contributed by atoms with van der Waals surface area (Å²) >= 11 is 0. The Bertz CT molecular complexity index is 3500. The second kappa shape index (κ2) is 47.5. The first-order valence-corrected chi connectivity index (χ1v) is 36.8. The second-order valence-corrected chi connectivity index (χ2v) is 27.6. The number of aliphatic hydroxyl groups excluding tert-OH is 1. The fourth-order valence-corrected chi connectivity index (χ4v) is 11.5. The minimum Gasteiger partial charge on any atom is -0.481 e. The van der Waals surface area contributed by atoms with Gasteiger partial charge in [-0.15, -0.1) is 0 Å². The molecule has 23 N–H and O–H groups in total. The molecule has 0 spiro atoms. The fourth-order valence-electron chi connectivity index (χ4n) is 11.5. The van der Waals surface area contributed by atoms with E-state index < -0.39 is 211 Å². The number of aromatic nitrogens is 1. The molecule has 1 heterocycles. The highest BCUT2D eigenvalue weighted by atomic mass is 16.4. The number of unbranched alkanes of at least 4 members (excludes halogenated alkanes) is 2. The number of hydrogen-bond acceptors (Lipinski definition) is 19. The molecule has 15 atom stereocenters. The van der Waals surface area contributed by atoms with Crippen molar-refractivity contribution in [2.75, 3.05) is 26.2 Å². The van der Waals surface area contributed by atoms with E-state index in [2.05, 4.69) is 68.8 Å². The zero-order valence-corrected chi connectivity index (χ0v) is 63.1. The molecule has 1 aromatic heterocycles. The number of rotatable bonds is 51. The van der Waals surface area contributed by atoms with E-state index in [1.54, 1.807) is 116 Å². The van der Waals surface area contributed by atoms with Crippen molar-refractivity contribution in [2.24, 2.45) is 40.9 Å². The molecule has 0 radical (unpaired) electrons. The number of nitrogens with one attached hydrogen (secondary N) is 13. The molecule has 0 saturated heterocycles. The Labute approximate surface area is 628 Å². The fraction of sp³-hybridized carbons (Fsp3) is 0.603. The van der Waals surface area contributed by atoms with Crippen LogP contribution >= 0.6 is 0 Å². The zero-order chi connectivity index (χ0) is 80.9. The maximum atomic E-state index is 14.6. The summed E-state index contributed by atoms with van der Waals surface area (Å²) in [5, 5.41) is 71.3. The summed E-state index contributed by atoms with van der Waals surface area (Å²) in [6.07, 6.45) is 0.972. The van der Waals surface area contributed by atoms with Gasteiger partial charge in [-0.3, -0.25) is 67.1 Å². The van der Waals surface area contributed by atoms with E-state index in [-0.39, 0.29) is 83.2 Å². The number of amides is 12. The molecular formula is C73H114N16O19. The molecule has 0 bridgehead atoms. The number of H-pyrrole nitrogens is 1. The number of hydrogen-bond donors (Lipinski definition) is 20. The SMILES string of the molecule is CC[C@H](C)[C@H](NC(=O)[C@H](CCCCN)NC(=O)[C@H](CCC(=O)O)NC(=O)[C@@H](NC(=O)[C@@H](NC(=O)[C@H](CC(=O)O)NC(=O)[C@H](CC(C)C)NC(=O)[C@H](Cc1ccccc1)NC(=O)CN)[C@@H](C)CC)[C@@H](C)CC)C(=O)N[C@@H](C)C(=O)N[C@@H](CCCCN)C(=O)N[C@@H](CO)C(=O)N[C@@H](Cc1c[nH]c2ccccc12)C(=O)O. The molecule has 3 aromatic rings. The van der Waals surface area contributed by atoms with Crippen molar-refractivity contribution in [1.82, 2.24) is 68.8 Å². The van der Waals surface area contributed by atoms with Gasteiger partial charge in [-0.1, -0.05) is 123 Å². The van der Waals surface area contributed by atoms with E-state index in [0.29, 0.717) is 24.0 Å². The summed E-state index contributed by atoms with van der Waals surface area (Å²) in [5.41, 5.74) is 19.0. The van der Waals surface area contributed by atoms with Crippen LogP contribution < -0.4 is 81.0 Å². The number of carboxylic acid groups (broad SMARTS) is 3. The van der Waals surface area contributed by atoms with E-state index in [9.17, 15) is 92.3 Å². The topological polar surface area (TPSA) is 575 Å². The number of aromatic amines is 1. The monoisotopic (exact) mass is 1520 g/mol. The van der Waals surface area contributed by atoms with E-state index in [1.807, 2.05) is 0 Å². The Kier molecular flexibility index (Phi) is 40.5. The van der Waals surface area contributed by atoms with Crippen molar-refractivity contribution in [3.05, 3.63) is 71.9 Å². The van der Waals surface area contributed by atoms with Gasteiger partial charge in [-0.2, -0.15) is 0 Å². The standard InChI is InChI=1S/C73H114N16O19/c1-10-40(6)59(70(104)78-43(9)62(96)80-48(26-18-20-30-74)63(97)86-55(38-90)69(103)85-54(73(107)108)34-45-37-77-47-25-17-16-24-46(45)47)87-65(99)49(27-19-21-31-75)81-64(98)50(28-29-57(92)93)82-71(105)60(41(7)11-2)89-72(106)61(42(8)12-3)88-68(102)53(35-58(94)95)84-66(100)51(32-39(4)5)83-67(101)52(79-56(91)36-76)33-44-22-14-13-15-23-44/h13-17,22-25,37,39-43,48-55,59-61,77,90H,10-12,18-21,26-36,38,74-76H2,1-9H3,(H,78,104)(H,79,91)(H,80,96)(H,81,98)(H,82,105)(H,83,101)(H,84,100)(H,85,103)(H,86,97)(H,87,99)(H,88,102)(H,89,106)(H,92,93)(H,94,95)(H,107,108)/t40-,41-,42-,43-,48-,49-,50-,51-,52-,53-,54-,55-,59-,60-,61-/m0/s1. The molecule has 35 nitrogen and oxygen atoms in total. The number of nitrogens with two attached hydrogens (primary N) is 3. The summed E-state index contributed by atoms with van der Waals surface area (Å²) in [6, 6.07) is -2.26. The molecule has 0 aliphatic carbocycles. The number of carbonyl (C=O) groups is 15. The predicted molar refractivity (Wildman–Crippen MR) is 398 cm³/mol. The third-order valence-corrected chi connectivity index (χ3v) is 18.6. The molecule has 0 saturated carbocycles. The summed E-state index contributed by atoms with van der Waals surface area (Å²) in [7, 11) is 0. The van der Waals surface area contributed by atoms with Gasteiger partial charge in [0.1, 0.15) is 72.5 Å². The average Bonchev–Trinajstić information content (AvgIpc) is 1.63. The van der Waals surface area contributed by atoms with Crippen LogP contribution in [0.15, 0.2) is 60.8 Å². The number of benzene rings is 2. The number of aliphatic hydroxyl groups is 1. The normalized spacial score (nSPS) is 15.4. The Morgan fingerprint density at radius 3 is 1.33 bits per heavy atom. The minimum atomic E-state index is -1.85. The molecule has 3 rings (SSSR count). The summed E-state index contributed by atoms with van der Waals surface area (Å²) in [6.45, 7) is 13.6. The lowest BCUT2D eigenvalue weighted by Gasteiger charge is -2.31. The van der Waals surface area contributed by atoms with E-state index in [1.165, 1.54) is 6.92 Å². The maximum Gasteiger partial charge on any atom is 0.326 e. The second-order valence-electron chi connectivity index (χ2n) is 27.6. The lowest BCUT2D eigenvalue weighted by atomic mass is 9.94. The Morgan fingerprint density at radius 2 is 0.833 bits per heavy atom. The van der Waals surface area contributed by atoms with Gasteiger partial charge in [-0.05, 0) is 112 Å². The van der Waals surface area contributed by atoms with Crippen LogP contribution in [0.25, 0.3) is 10.9 Å². The number of carboxylic acids is 3. The van der Waals surface area contributed by atoms with Crippen LogP contribution in [0.4, 0.5) is 0 Å². The number of fused-ring (bicyclic) bond motifs is 1. The van der Waals surface area contributed by atoms with Gasteiger partial charge < -0.3 is 106 Å². The smallest absolute Gasteiger partial charge is 0.326 e. The van der Waals surface area contributed by atoms with Crippen LogP contribution in [-0.4, -0.2) is 213 Å². The number of para-hydroxylation sites is 1. The molecule has 12 amide bonds. The number of aliphatic carboxylic acids is 3. The summed E-state index contributed by atoms with van der Waals surface area (Å²) in [5.74, 6) is -17.9. The first-order valence-electron chi connectivity index (χ1n) is 36.8. The van der Waals surface area contributed by atoms with Crippen molar-refractivity contribution >= 4 is 99.7 Å². The quantitative estimate of drug-likeness (QED) is 0.0289. The van der Waals surface area contributed by atoms with Crippen molar-refractivity contribution in [1.29, 1.82) is 0 Å². The summed E-state index contributed by atoms with van der Waals surface area (Å²) < 4.78 is 0. The molecular weight excluding hydrogens is 1400 g/mol. The van der Waals surface area contributed by atoms with Crippen molar-refractivity contribution in [3.8, 4) is 0 Å². The van der Waals surface area contributed by atoms with Crippen LogP contribution in [0.3, 0.4) is 0 Å². The maximum absolute atomic E-state index is 14.6. The van der Waals surface area contributed by atoms with Gasteiger partial charge in [0.25, 0.3) is 0 Å². The lowest BCUT2D eigenvalue weighted by molar-refractivity contribution is -0.142. The summed E-state index contributed by atoms with van der Waals surface area (Å²) in [4.78, 5) is 208. The van der Waals surface area contributed by atoms with E-state index in [4.69, 9.17) is 17.2 Å². The minimum absolute atomic E-state index is 0.000898. The highest BCUT2D eigenvalue weighted by Crippen LogP contribution is 2.21. The number of carbonyl (C=O) groups excluding carboxylic acids is 12. The highest BCUT2D eigenvalue weighted by molar-refractivity contribution is 6.00. The van der Waals surface area contributed by atoms with Crippen LogP contribution in [0.2, 0.25) is 0 Å². The van der Waals surface area contributed by atoms with Crippen molar-refractivity contribution < 1.29 is 92.3 Å². The van der Waals surface area contributed by atoms with Gasteiger partial charge >= 0.3 is 17.9 Å². The Hall–Kier alpha value is -10.1. The molecule has 0 unspecified atom stereocenters. The Morgan fingerprint density at radius 1 is 0.417 bits per heavy atom. The van der Waals surface area contributed by atoms with Crippen LogP contribution in [-0.2, 0) is 84.8 Å².